The van der Waals surface area contributed by atoms with E-state index >= 15 is 0 Å². The van der Waals surface area contributed by atoms with Crippen molar-refractivity contribution in [1.82, 2.24) is 9.88 Å². The third kappa shape index (κ3) is 2.29. The molecule has 0 radical (unpaired) electrons. The molecular formula is C18H24N2. The molecule has 0 bridgehead atoms. The number of H-pyrrole nitrogens is 1. The van der Waals surface area contributed by atoms with Crippen molar-refractivity contribution in [2.45, 2.75) is 32.6 Å². The number of nitrogens with one attached hydrogen (secondary N) is 1. The Morgan fingerprint density at radius 2 is 2.00 bits per heavy atom. The van der Waals surface area contributed by atoms with Crippen LogP contribution in [-0.2, 0) is 5.41 Å². The van der Waals surface area contributed by atoms with E-state index in [1.54, 1.807) is 0 Å². The summed E-state index contributed by atoms with van der Waals surface area (Å²) < 4.78 is 0. The van der Waals surface area contributed by atoms with Crippen LogP contribution in [0.25, 0.3) is 16.5 Å². The van der Waals surface area contributed by atoms with Gasteiger partial charge in [0, 0.05) is 35.8 Å². The lowest BCUT2D eigenvalue weighted by molar-refractivity contribution is 0.373. The molecule has 0 atom stereocenters. The van der Waals surface area contributed by atoms with Crippen molar-refractivity contribution >= 4 is 16.5 Å². The summed E-state index contributed by atoms with van der Waals surface area (Å²) >= 11 is 0. The fraction of sp³-hybridized carbons (Fsp3) is 0.444. The van der Waals surface area contributed by atoms with E-state index in [4.69, 9.17) is 0 Å². The molecule has 1 aliphatic rings. The highest BCUT2D eigenvalue weighted by molar-refractivity contribution is 5.95. The van der Waals surface area contributed by atoms with Gasteiger partial charge in [0.15, 0.2) is 0 Å². The molecule has 2 heterocycles. The summed E-state index contributed by atoms with van der Waals surface area (Å²) in [7, 11) is 2.20. The molecule has 2 nitrogen and oxygen atoms in total. The number of likely N-dealkylation sites (N-methyl/N-ethyl adjacent to an activating group) is 1. The monoisotopic (exact) mass is 268 g/mol. The van der Waals surface area contributed by atoms with E-state index in [1.165, 1.54) is 34.1 Å². The predicted molar refractivity (Wildman–Crippen MR) is 87.1 cm³/mol. The Balaban J connectivity index is 2.13. The summed E-state index contributed by atoms with van der Waals surface area (Å²) in [5.41, 5.74) is 5.68. The fourth-order valence-electron chi connectivity index (χ4n) is 3.13. The molecule has 1 N–H and O–H groups in total. The molecule has 0 saturated carbocycles. The minimum atomic E-state index is 0.166. The van der Waals surface area contributed by atoms with E-state index in [2.05, 4.69) is 68.2 Å². The minimum Gasteiger partial charge on any atom is -0.360 e. The fourth-order valence-corrected chi connectivity index (χ4v) is 3.13. The molecule has 3 rings (SSSR count). The Kier molecular flexibility index (Phi) is 3.21. The summed E-state index contributed by atoms with van der Waals surface area (Å²) in [6.07, 6.45) is 5.73. The largest absolute Gasteiger partial charge is 0.360 e. The molecule has 1 aromatic carbocycles. The molecule has 106 valence electrons. The van der Waals surface area contributed by atoms with Gasteiger partial charge in [-0.05, 0) is 30.0 Å². The predicted octanol–water partition coefficient (Wildman–Crippen LogP) is 4.18. The quantitative estimate of drug-likeness (QED) is 0.822. The third-order valence-electron chi connectivity index (χ3n) is 4.21. The normalized spacial score (nSPS) is 17.5. The molecule has 0 spiro atoms. The maximum atomic E-state index is 3.52. The summed E-state index contributed by atoms with van der Waals surface area (Å²) in [6, 6.07) is 6.67. The van der Waals surface area contributed by atoms with Crippen LogP contribution >= 0.6 is 0 Å². The smallest absolute Gasteiger partial charge is 0.0498 e. The van der Waals surface area contributed by atoms with E-state index in [9.17, 15) is 0 Å². The molecule has 0 saturated heterocycles. The van der Waals surface area contributed by atoms with Crippen molar-refractivity contribution in [2.75, 3.05) is 20.1 Å². The van der Waals surface area contributed by atoms with Gasteiger partial charge in [-0.25, -0.2) is 0 Å². The first-order valence-corrected chi connectivity index (χ1v) is 7.45. The van der Waals surface area contributed by atoms with Gasteiger partial charge in [0.2, 0.25) is 0 Å². The lowest BCUT2D eigenvalue weighted by Gasteiger charge is -2.23. The standard InChI is InChI=1S/C18H24N2/c1-18(2,3)16-9-5-8-14-15(11-19-17(14)16)13-7-6-10-20(4)12-13/h5,7-9,11,19H,6,10,12H2,1-4H3. The van der Waals surface area contributed by atoms with Crippen molar-refractivity contribution in [3.63, 3.8) is 0 Å². The second-order valence-electron chi connectivity index (χ2n) is 6.94. The molecule has 0 unspecified atom stereocenters. The van der Waals surface area contributed by atoms with Crippen LogP contribution in [0.15, 0.2) is 30.5 Å². The van der Waals surface area contributed by atoms with Crippen molar-refractivity contribution < 1.29 is 0 Å². The van der Waals surface area contributed by atoms with Crippen LogP contribution in [0.5, 0.6) is 0 Å². The van der Waals surface area contributed by atoms with Gasteiger partial charge >= 0.3 is 0 Å². The Bertz CT molecular complexity index is 656. The van der Waals surface area contributed by atoms with Gasteiger partial charge < -0.3 is 9.88 Å². The summed E-state index contributed by atoms with van der Waals surface area (Å²) in [6.45, 7) is 9.04. The van der Waals surface area contributed by atoms with Crippen LogP contribution in [0, 0.1) is 0 Å². The number of benzene rings is 1. The maximum Gasteiger partial charge on any atom is 0.0498 e. The van der Waals surface area contributed by atoms with Gasteiger partial charge in [-0.15, -0.1) is 0 Å². The Morgan fingerprint density at radius 1 is 1.20 bits per heavy atom. The zero-order chi connectivity index (χ0) is 14.3. The zero-order valence-corrected chi connectivity index (χ0v) is 13.0. The number of hydrogen-bond acceptors (Lipinski definition) is 1. The van der Waals surface area contributed by atoms with Crippen LogP contribution in [0.2, 0.25) is 0 Å². The van der Waals surface area contributed by atoms with Crippen LogP contribution in [0.1, 0.15) is 38.3 Å². The highest BCUT2D eigenvalue weighted by Crippen LogP contribution is 2.34. The molecule has 0 aliphatic carbocycles. The summed E-state index contributed by atoms with van der Waals surface area (Å²) in [5, 5.41) is 1.36. The van der Waals surface area contributed by atoms with Crippen LogP contribution in [0.3, 0.4) is 0 Å². The van der Waals surface area contributed by atoms with E-state index in [0.29, 0.717) is 0 Å². The molecular weight excluding hydrogens is 244 g/mol. The minimum absolute atomic E-state index is 0.166. The van der Waals surface area contributed by atoms with Crippen molar-refractivity contribution in [3.05, 3.63) is 41.6 Å². The van der Waals surface area contributed by atoms with E-state index in [0.717, 1.165) is 13.0 Å². The van der Waals surface area contributed by atoms with Crippen molar-refractivity contribution in [2.24, 2.45) is 0 Å². The van der Waals surface area contributed by atoms with Crippen LogP contribution < -0.4 is 0 Å². The molecule has 0 fully saturated rings. The molecule has 0 amide bonds. The Morgan fingerprint density at radius 3 is 2.70 bits per heavy atom. The van der Waals surface area contributed by atoms with Crippen LogP contribution in [-0.4, -0.2) is 30.0 Å². The highest BCUT2D eigenvalue weighted by atomic mass is 15.1. The van der Waals surface area contributed by atoms with Crippen molar-refractivity contribution in [3.8, 4) is 0 Å². The highest BCUT2D eigenvalue weighted by Gasteiger charge is 2.20. The SMILES string of the molecule is CN1CCC=C(c2c[nH]c3c(C(C)(C)C)cccc23)C1. The first kappa shape index (κ1) is 13.4. The summed E-state index contributed by atoms with van der Waals surface area (Å²) in [5.74, 6) is 0. The number of nitrogens with zero attached hydrogens (tertiary/aromatic N) is 1. The van der Waals surface area contributed by atoms with Gasteiger partial charge in [0.05, 0.1) is 0 Å². The Labute approximate surface area is 121 Å². The average Bonchev–Trinajstić information content (AvgIpc) is 2.81. The number of aromatic amines is 1. The first-order chi connectivity index (χ1) is 9.47. The molecule has 2 aromatic rings. The van der Waals surface area contributed by atoms with Gasteiger partial charge in [-0.1, -0.05) is 45.0 Å². The van der Waals surface area contributed by atoms with Gasteiger partial charge in [0.1, 0.15) is 0 Å². The summed E-state index contributed by atoms with van der Waals surface area (Å²) in [4.78, 5) is 5.91. The van der Waals surface area contributed by atoms with Crippen LogP contribution in [0.4, 0.5) is 0 Å². The number of hydrogen-bond donors (Lipinski definition) is 1. The number of fused-ring (bicyclic) bond motifs is 1. The first-order valence-electron chi connectivity index (χ1n) is 7.45. The molecule has 20 heavy (non-hydrogen) atoms. The number of rotatable bonds is 1. The zero-order valence-electron chi connectivity index (χ0n) is 13.0. The van der Waals surface area contributed by atoms with Crippen molar-refractivity contribution in [1.29, 1.82) is 0 Å². The van der Waals surface area contributed by atoms with Gasteiger partial charge in [-0.2, -0.15) is 0 Å². The molecule has 1 aliphatic heterocycles. The maximum absolute atomic E-state index is 3.52. The van der Waals surface area contributed by atoms with E-state index < -0.39 is 0 Å². The number of para-hydroxylation sites is 1. The average molecular weight is 268 g/mol. The molecule has 1 aromatic heterocycles. The molecule has 2 heteroatoms. The number of aromatic nitrogens is 1. The second kappa shape index (κ2) is 4.78. The third-order valence-corrected chi connectivity index (χ3v) is 4.21. The second-order valence-corrected chi connectivity index (χ2v) is 6.94. The van der Waals surface area contributed by atoms with E-state index in [-0.39, 0.29) is 5.41 Å². The van der Waals surface area contributed by atoms with Gasteiger partial charge in [0.25, 0.3) is 0 Å². The Hall–Kier alpha value is -1.54. The topological polar surface area (TPSA) is 19.0 Å². The lowest BCUT2D eigenvalue weighted by atomic mass is 9.85. The van der Waals surface area contributed by atoms with Gasteiger partial charge in [-0.3, -0.25) is 0 Å². The lowest BCUT2D eigenvalue weighted by Crippen LogP contribution is -2.24. The van der Waals surface area contributed by atoms with E-state index in [1.807, 2.05) is 0 Å².